The summed E-state index contributed by atoms with van der Waals surface area (Å²) < 4.78 is 27.9. The second-order valence-electron chi connectivity index (χ2n) is 7.40. The number of hydrogen-bond donors (Lipinski definition) is 0. The summed E-state index contributed by atoms with van der Waals surface area (Å²) in [4.78, 5) is 18.8. The van der Waals surface area contributed by atoms with Gasteiger partial charge in [0.15, 0.2) is 0 Å². The minimum atomic E-state index is -3.55. The van der Waals surface area contributed by atoms with Gasteiger partial charge in [-0.2, -0.15) is 4.31 Å². The zero-order chi connectivity index (χ0) is 20.4. The van der Waals surface area contributed by atoms with Gasteiger partial charge in [0.2, 0.25) is 10.0 Å². The third-order valence-corrected chi connectivity index (χ3v) is 8.94. The van der Waals surface area contributed by atoms with E-state index in [-0.39, 0.29) is 10.8 Å². The Kier molecular flexibility index (Phi) is 6.41. The fraction of sp³-hybridized carbons (Fsp3) is 0.450. The van der Waals surface area contributed by atoms with E-state index in [1.54, 1.807) is 23.5 Å². The molecular formula is C20H24BrN3O3S2. The fourth-order valence-corrected chi connectivity index (χ4v) is 6.51. The molecular weight excluding hydrogens is 474 g/mol. The van der Waals surface area contributed by atoms with Gasteiger partial charge in [-0.15, -0.1) is 11.3 Å². The minimum absolute atomic E-state index is 0.119. The molecule has 29 heavy (non-hydrogen) atoms. The molecule has 2 aliphatic heterocycles. The maximum Gasteiger partial charge on any atom is 0.255 e. The summed E-state index contributed by atoms with van der Waals surface area (Å²) in [6.07, 6.45) is 1.77. The van der Waals surface area contributed by atoms with Crippen molar-refractivity contribution < 1.29 is 13.2 Å². The van der Waals surface area contributed by atoms with Crippen molar-refractivity contribution in [2.45, 2.75) is 24.3 Å². The van der Waals surface area contributed by atoms with E-state index in [0.717, 1.165) is 32.5 Å². The highest BCUT2D eigenvalue weighted by Gasteiger charge is 2.29. The Morgan fingerprint density at radius 1 is 1.03 bits per heavy atom. The van der Waals surface area contributed by atoms with E-state index in [4.69, 9.17) is 0 Å². The van der Waals surface area contributed by atoms with Crippen molar-refractivity contribution in [1.29, 1.82) is 0 Å². The van der Waals surface area contributed by atoms with E-state index in [1.807, 2.05) is 4.90 Å². The van der Waals surface area contributed by atoms with Gasteiger partial charge in [-0.1, -0.05) is 6.07 Å². The molecule has 0 radical (unpaired) electrons. The van der Waals surface area contributed by atoms with Gasteiger partial charge in [-0.05, 0) is 58.4 Å². The Bertz CT molecular complexity index is 965. The first-order valence-electron chi connectivity index (χ1n) is 9.79. The monoisotopic (exact) mass is 497 g/mol. The van der Waals surface area contributed by atoms with Gasteiger partial charge >= 0.3 is 0 Å². The van der Waals surface area contributed by atoms with Crippen LogP contribution in [-0.2, 0) is 16.6 Å². The fourth-order valence-electron chi connectivity index (χ4n) is 3.81. The van der Waals surface area contributed by atoms with Crippen molar-refractivity contribution in [3.05, 3.63) is 50.6 Å². The molecule has 0 spiro atoms. The molecule has 0 aliphatic carbocycles. The normalized spacial score (nSPS) is 19.0. The maximum absolute atomic E-state index is 13.1. The van der Waals surface area contributed by atoms with Crippen molar-refractivity contribution in [1.82, 2.24) is 14.1 Å². The molecule has 2 aromatic rings. The average molecular weight is 498 g/mol. The first-order valence-corrected chi connectivity index (χ1v) is 12.9. The van der Waals surface area contributed by atoms with Gasteiger partial charge in [0.1, 0.15) is 0 Å². The number of thiophene rings is 1. The molecule has 1 aromatic heterocycles. The van der Waals surface area contributed by atoms with E-state index in [2.05, 4.69) is 38.3 Å². The van der Waals surface area contributed by atoms with Crippen molar-refractivity contribution in [3.8, 4) is 0 Å². The highest BCUT2D eigenvalue weighted by atomic mass is 79.9. The summed E-state index contributed by atoms with van der Waals surface area (Å²) in [7, 11) is -3.55. The summed E-state index contributed by atoms with van der Waals surface area (Å²) in [6, 6.07) is 8.96. The number of halogens is 1. The van der Waals surface area contributed by atoms with Gasteiger partial charge in [0.25, 0.3) is 5.91 Å². The highest BCUT2D eigenvalue weighted by Crippen LogP contribution is 2.27. The largest absolute Gasteiger partial charge is 0.336 e. The third kappa shape index (κ3) is 4.59. The quantitative estimate of drug-likeness (QED) is 0.635. The van der Waals surface area contributed by atoms with Crippen molar-refractivity contribution in [3.63, 3.8) is 0 Å². The summed E-state index contributed by atoms with van der Waals surface area (Å²) in [5.41, 5.74) is 0.414. The molecule has 0 N–H and O–H groups in total. The van der Waals surface area contributed by atoms with E-state index in [1.165, 1.54) is 15.2 Å². The summed E-state index contributed by atoms with van der Waals surface area (Å²) >= 11 is 5.18. The van der Waals surface area contributed by atoms with E-state index < -0.39 is 10.0 Å². The Labute approximate surface area is 184 Å². The number of hydrogen-bond acceptors (Lipinski definition) is 5. The topological polar surface area (TPSA) is 60.9 Å². The smallest absolute Gasteiger partial charge is 0.255 e. The zero-order valence-corrected chi connectivity index (χ0v) is 19.3. The van der Waals surface area contributed by atoms with Gasteiger partial charge in [-0.3, -0.25) is 9.69 Å². The molecule has 0 atom stereocenters. The van der Waals surface area contributed by atoms with Crippen LogP contribution in [0.25, 0.3) is 0 Å². The van der Waals surface area contributed by atoms with E-state index >= 15 is 0 Å². The molecule has 2 aliphatic rings. The van der Waals surface area contributed by atoms with Gasteiger partial charge in [0.05, 0.1) is 10.5 Å². The van der Waals surface area contributed by atoms with Gasteiger partial charge in [0, 0.05) is 55.2 Å². The Balaban J connectivity index is 1.46. The molecule has 3 heterocycles. The molecule has 0 saturated carbocycles. The number of piperazine rings is 1. The molecule has 6 nitrogen and oxygen atoms in total. The van der Waals surface area contributed by atoms with Crippen LogP contribution >= 0.6 is 27.3 Å². The first-order chi connectivity index (χ1) is 13.9. The molecule has 9 heteroatoms. The van der Waals surface area contributed by atoms with Crippen molar-refractivity contribution in [2.75, 3.05) is 39.3 Å². The van der Waals surface area contributed by atoms with Crippen LogP contribution < -0.4 is 0 Å². The Hall–Kier alpha value is -1.26. The number of benzene rings is 1. The lowest BCUT2D eigenvalue weighted by atomic mass is 10.2. The molecule has 0 bridgehead atoms. The van der Waals surface area contributed by atoms with Crippen LogP contribution in [0.5, 0.6) is 0 Å². The number of carbonyl (C=O) groups is 1. The number of nitrogens with zero attached hydrogens (tertiary/aromatic N) is 3. The molecule has 156 valence electrons. The number of sulfonamides is 1. The molecule has 2 saturated heterocycles. The van der Waals surface area contributed by atoms with Gasteiger partial charge in [-0.25, -0.2) is 8.42 Å². The van der Waals surface area contributed by atoms with Crippen LogP contribution in [0, 0.1) is 0 Å². The van der Waals surface area contributed by atoms with Crippen LogP contribution in [0.2, 0.25) is 0 Å². The van der Waals surface area contributed by atoms with Crippen LogP contribution in [-0.4, -0.2) is 67.7 Å². The predicted molar refractivity (Wildman–Crippen MR) is 118 cm³/mol. The number of rotatable bonds is 5. The molecule has 0 unspecified atom stereocenters. The molecule has 2 fully saturated rings. The van der Waals surface area contributed by atoms with Crippen molar-refractivity contribution >= 4 is 43.2 Å². The first kappa shape index (κ1) is 21.0. The highest BCUT2D eigenvalue weighted by molar-refractivity contribution is 9.10. The van der Waals surface area contributed by atoms with Crippen LogP contribution in [0.3, 0.4) is 0 Å². The summed E-state index contributed by atoms with van der Waals surface area (Å²) in [5.74, 6) is -0.119. The second kappa shape index (κ2) is 8.85. The lowest BCUT2D eigenvalue weighted by molar-refractivity contribution is 0.0628. The van der Waals surface area contributed by atoms with Gasteiger partial charge < -0.3 is 4.90 Å². The Morgan fingerprint density at radius 2 is 1.76 bits per heavy atom. The summed E-state index contributed by atoms with van der Waals surface area (Å²) in [6.45, 7) is 4.91. The standard InChI is InChI=1S/C20H24BrN3O3S2/c21-19-6-5-17(29(26,27)24-7-1-2-8-24)14-18(19)20(25)23-11-9-22(10-12-23)15-16-4-3-13-28-16/h3-6,13-14H,1-2,7-12,15H2. The molecule has 1 aromatic carbocycles. The zero-order valence-electron chi connectivity index (χ0n) is 16.1. The van der Waals surface area contributed by atoms with E-state index in [0.29, 0.717) is 36.2 Å². The number of amides is 1. The second-order valence-corrected chi connectivity index (χ2v) is 11.2. The van der Waals surface area contributed by atoms with Crippen LogP contribution in [0.1, 0.15) is 28.1 Å². The summed E-state index contributed by atoms with van der Waals surface area (Å²) in [5, 5.41) is 2.08. The Morgan fingerprint density at radius 3 is 2.41 bits per heavy atom. The maximum atomic E-state index is 13.1. The predicted octanol–water partition coefficient (Wildman–Crippen LogP) is 3.25. The van der Waals surface area contributed by atoms with Crippen LogP contribution in [0.15, 0.2) is 45.1 Å². The van der Waals surface area contributed by atoms with Crippen molar-refractivity contribution in [2.24, 2.45) is 0 Å². The number of carbonyl (C=O) groups excluding carboxylic acids is 1. The SMILES string of the molecule is O=C(c1cc(S(=O)(=O)N2CCCC2)ccc1Br)N1CCN(Cc2cccs2)CC1. The molecule has 1 amide bonds. The minimum Gasteiger partial charge on any atom is -0.336 e. The lowest BCUT2D eigenvalue weighted by Crippen LogP contribution is -2.48. The van der Waals surface area contributed by atoms with Crippen LogP contribution in [0.4, 0.5) is 0 Å². The lowest BCUT2D eigenvalue weighted by Gasteiger charge is -2.34. The van der Waals surface area contributed by atoms with E-state index in [9.17, 15) is 13.2 Å². The average Bonchev–Trinajstić information content (AvgIpc) is 3.43. The third-order valence-electron chi connectivity index (χ3n) is 5.49. The molecule has 4 rings (SSSR count).